The SMILES string of the molecule is CCCCN(CCCC)c1ccc2nc(Nc3ccc(C(C)=O)cc3)n(CCCN3CCCCC3)c2n1.Cl. The van der Waals surface area contributed by atoms with Crippen LogP contribution in [-0.4, -0.2) is 57.9 Å². The zero-order chi connectivity index (χ0) is 26.0. The maximum atomic E-state index is 11.7. The zero-order valence-electron chi connectivity index (χ0n) is 23.4. The van der Waals surface area contributed by atoms with E-state index in [2.05, 4.69) is 45.7 Å². The number of benzene rings is 1. The Bertz CT molecular complexity index is 1130. The van der Waals surface area contributed by atoms with Gasteiger partial charge < -0.3 is 15.1 Å². The van der Waals surface area contributed by atoms with Gasteiger partial charge in [0.1, 0.15) is 11.3 Å². The molecule has 1 saturated heterocycles. The van der Waals surface area contributed by atoms with Gasteiger partial charge >= 0.3 is 0 Å². The number of anilines is 3. The van der Waals surface area contributed by atoms with Crippen molar-refractivity contribution in [3.63, 3.8) is 0 Å². The summed E-state index contributed by atoms with van der Waals surface area (Å²) in [5.41, 5.74) is 3.49. The molecule has 0 radical (unpaired) electrons. The molecule has 0 amide bonds. The van der Waals surface area contributed by atoms with E-state index >= 15 is 0 Å². The van der Waals surface area contributed by atoms with E-state index < -0.39 is 0 Å². The monoisotopic (exact) mass is 540 g/mol. The van der Waals surface area contributed by atoms with Crippen LogP contribution in [0.3, 0.4) is 0 Å². The Morgan fingerprint density at radius 2 is 1.58 bits per heavy atom. The Kier molecular flexibility index (Phi) is 11.9. The normalized spacial score (nSPS) is 13.9. The fourth-order valence-electron chi connectivity index (χ4n) is 5.07. The van der Waals surface area contributed by atoms with Crippen molar-refractivity contribution < 1.29 is 4.79 Å². The van der Waals surface area contributed by atoms with E-state index in [0.717, 1.165) is 61.2 Å². The Hall–Kier alpha value is -2.64. The van der Waals surface area contributed by atoms with Crippen LogP contribution >= 0.6 is 12.4 Å². The standard InChI is InChI=1S/C30H44N6O.ClH/c1-4-6-21-35(22-7-5-2)28-17-16-27-29(33-28)36(23-11-20-34-18-9-8-10-19-34)30(32-27)31-26-14-12-25(13-15-26)24(3)37;/h12-17H,4-11,18-23H2,1-3H3,(H,31,32);1H. The molecule has 7 nitrogen and oxygen atoms in total. The third-order valence-electron chi connectivity index (χ3n) is 7.32. The maximum Gasteiger partial charge on any atom is 0.209 e. The van der Waals surface area contributed by atoms with Crippen LogP contribution in [0.1, 0.15) is 82.5 Å². The number of aromatic nitrogens is 3. The number of unbranched alkanes of at least 4 members (excludes halogenated alkanes) is 2. The zero-order valence-corrected chi connectivity index (χ0v) is 24.2. The summed E-state index contributed by atoms with van der Waals surface area (Å²) in [4.78, 5) is 26.8. The van der Waals surface area contributed by atoms with E-state index in [1.807, 2.05) is 24.3 Å². The average Bonchev–Trinajstić information content (AvgIpc) is 3.25. The van der Waals surface area contributed by atoms with Gasteiger partial charge in [0.15, 0.2) is 11.4 Å². The molecule has 0 atom stereocenters. The number of imidazole rings is 1. The van der Waals surface area contributed by atoms with Crippen molar-refractivity contribution in [2.45, 2.75) is 78.7 Å². The Morgan fingerprint density at radius 1 is 0.895 bits per heavy atom. The quantitative estimate of drug-likeness (QED) is 0.220. The van der Waals surface area contributed by atoms with E-state index in [1.54, 1.807) is 6.92 Å². The van der Waals surface area contributed by atoms with Gasteiger partial charge in [0.05, 0.1) is 0 Å². The Labute approximate surface area is 234 Å². The summed E-state index contributed by atoms with van der Waals surface area (Å²) in [5, 5.41) is 3.51. The van der Waals surface area contributed by atoms with Gasteiger partial charge in [-0.15, -0.1) is 12.4 Å². The predicted molar refractivity (Wildman–Crippen MR) is 161 cm³/mol. The van der Waals surface area contributed by atoms with Crippen molar-refractivity contribution in [3.05, 3.63) is 42.0 Å². The molecule has 0 saturated carbocycles. The molecule has 1 aliphatic rings. The van der Waals surface area contributed by atoms with E-state index in [0.29, 0.717) is 5.56 Å². The molecule has 1 aliphatic heterocycles. The molecule has 0 spiro atoms. The van der Waals surface area contributed by atoms with Crippen LogP contribution in [0.15, 0.2) is 36.4 Å². The Morgan fingerprint density at radius 3 is 2.21 bits per heavy atom. The van der Waals surface area contributed by atoms with Gasteiger partial charge in [0.25, 0.3) is 0 Å². The van der Waals surface area contributed by atoms with Crippen LogP contribution < -0.4 is 10.2 Å². The number of nitrogens with zero attached hydrogens (tertiary/aromatic N) is 5. The van der Waals surface area contributed by atoms with Gasteiger partial charge in [-0.25, -0.2) is 9.97 Å². The lowest BCUT2D eigenvalue weighted by molar-refractivity contribution is 0.101. The lowest BCUT2D eigenvalue weighted by Crippen LogP contribution is -2.31. The maximum absolute atomic E-state index is 11.7. The minimum atomic E-state index is 0. The summed E-state index contributed by atoms with van der Waals surface area (Å²) in [7, 11) is 0. The molecule has 0 aliphatic carbocycles. The third kappa shape index (κ3) is 7.93. The second-order valence-electron chi connectivity index (χ2n) is 10.3. The van der Waals surface area contributed by atoms with Gasteiger partial charge in [-0.2, -0.15) is 0 Å². The fraction of sp³-hybridized carbons (Fsp3) is 0.567. The van der Waals surface area contributed by atoms with Crippen molar-refractivity contribution in [2.24, 2.45) is 0 Å². The minimum Gasteiger partial charge on any atom is -0.357 e. The molecule has 3 aromatic rings. The number of rotatable bonds is 14. The van der Waals surface area contributed by atoms with Crippen molar-refractivity contribution in [3.8, 4) is 0 Å². The number of carbonyl (C=O) groups excluding carboxylic acids is 1. The molecular formula is C30H45ClN6O. The number of aryl methyl sites for hydroxylation is 1. The first kappa shape index (κ1) is 29.9. The first-order valence-corrected chi connectivity index (χ1v) is 14.3. The number of carbonyl (C=O) groups is 1. The van der Waals surface area contributed by atoms with E-state index in [9.17, 15) is 4.79 Å². The summed E-state index contributed by atoms with van der Waals surface area (Å²) in [6, 6.07) is 11.9. The van der Waals surface area contributed by atoms with E-state index in [-0.39, 0.29) is 18.2 Å². The highest BCUT2D eigenvalue weighted by molar-refractivity contribution is 5.94. The largest absolute Gasteiger partial charge is 0.357 e. The fourth-order valence-corrected chi connectivity index (χ4v) is 5.07. The highest BCUT2D eigenvalue weighted by atomic mass is 35.5. The molecule has 3 heterocycles. The van der Waals surface area contributed by atoms with Crippen LogP contribution in [0.4, 0.5) is 17.5 Å². The number of ketones is 1. The van der Waals surface area contributed by atoms with Gasteiger partial charge in [-0.3, -0.25) is 9.36 Å². The lowest BCUT2D eigenvalue weighted by atomic mass is 10.1. The van der Waals surface area contributed by atoms with E-state index in [4.69, 9.17) is 9.97 Å². The number of piperidine rings is 1. The van der Waals surface area contributed by atoms with Gasteiger partial charge in [0.2, 0.25) is 5.95 Å². The number of pyridine rings is 1. The summed E-state index contributed by atoms with van der Waals surface area (Å²) in [6.07, 6.45) is 9.73. The first-order chi connectivity index (χ1) is 18.1. The molecule has 2 aromatic heterocycles. The summed E-state index contributed by atoms with van der Waals surface area (Å²) < 4.78 is 2.25. The smallest absolute Gasteiger partial charge is 0.209 e. The summed E-state index contributed by atoms with van der Waals surface area (Å²) in [5.74, 6) is 1.93. The van der Waals surface area contributed by atoms with Crippen LogP contribution in [-0.2, 0) is 6.54 Å². The molecular weight excluding hydrogens is 496 g/mol. The molecule has 8 heteroatoms. The van der Waals surface area contributed by atoms with Crippen LogP contribution in [0.25, 0.3) is 11.2 Å². The summed E-state index contributed by atoms with van der Waals surface area (Å²) >= 11 is 0. The number of hydrogen-bond donors (Lipinski definition) is 1. The van der Waals surface area contributed by atoms with Crippen molar-refractivity contribution in [2.75, 3.05) is 42.9 Å². The molecule has 1 aromatic carbocycles. The van der Waals surface area contributed by atoms with Crippen LogP contribution in [0.2, 0.25) is 0 Å². The number of hydrogen-bond acceptors (Lipinski definition) is 6. The first-order valence-electron chi connectivity index (χ1n) is 14.3. The third-order valence-corrected chi connectivity index (χ3v) is 7.32. The average molecular weight is 541 g/mol. The molecule has 1 fully saturated rings. The highest BCUT2D eigenvalue weighted by Gasteiger charge is 2.17. The van der Waals surface area contributed by atoms with Crippen molar-refractivity contribution >= 4 is 46.8 Å². The van der Waals surface area contributed by atoms with Crippen LogP contribution in [0.5, 0.6) is 0 Å². The number of nitrogens with one attached hydrogen (secondary N) is 1. The highest BCUT2D eigenvalue weighted by Crippen LogP contribution is 2.26. The van der Waals surface area contributed by atoms with Gasteiger partial charge in [-0.1, -0.05) is 33.1 Å². The van der Waals surface area contributed by atoms with E-state index in [1.165, 1.54) is 58.0 Å². The minimum absolute atomic E-state index is 0. The lowest BCUT2D eigenvalue weighted by Gasteiger charge is -2.26. The Balaban J connectivity index is 0.00000400. The van der Waals surface area contributed by atoms with Gasteiger partial charge in [0, 0.05) is 30.9 Å². The molecule has 0 bridgehead atoms. The second kappa shape index (κ2) is 15.1. The van der Waals surface area contributed by atoms with Crippen LogP contribution in [0, 0.1) is 0 Å². The molecule has 208 valence electrons. The number of halogens is 1. The molecule has 0 unspecified atom stereocenters. The van der Waals surface area contributed by atoms with Crippen molar-refractivity contribution in [1.29, 1.82) is 0 Å². The molecule has 4 rings (SSSR count). The number of likely N-dealkylation sites (tertiary alicyclic amines) is 1. The van der Waals surface area contributed by atoms with Crippen molar-refractivity contribution in [1.82, 2.24) is 19.4 Å². The van der Waals surface area contributed by atoms with Gasteiger partial charge in [-0.05, 0) is 95.1 Å². The molecule has 38 heavy (non-hydrogen) atoms. The topological polar surface area (TPSA) is 66.3 Å². The second-order valence-corrected chi connectivity index (χ2v) is 10.3. The summed E-state index contributed by atoms with van der Waals surface area (Å²) in [6.45, 7) is 12.5. The molecule has 1 N–H and O–H groups in total. The number of Topliss-reactive ketones (excluding diaryl/α,β-unsaturated/α-hetero) is 1. The number of fused-ring (bicyclic) bond motifs is 1. The predicted octanol–water partition coefficient (Wildman–Crippen LogP) is 7.08.